The van der Waals surface area contributed by atoms with Gasteiger partial charge in [0.05, 0.1) is 14.2 Å². The van der Waals surface area contributed by atoms with Gasteiger partial charge < -0.3 is 18.9 Å². The molecule has 112 valence electrons. The van der Waals surface area contributed by atoms with Crippen LogP contribution in [0.1, 0.15) is 0 Å². The smallest absolute Gasteiger partial charge is 0.203 e. The van der Waals surface area contributed by atoms with Crippen LogP contribution in [0.15, 0.2) is 42.5 Å². The second-order valence-corrected chi connectivity index (χ2v) is 4.12. The lowest BCUT2D eigenvalue weighted by Crippen LogP contribution is -2.10. The minimum absolute atomic E-state index is 0.202. The van der Waals surface area contributed by atoms with Crippen molar-refractivity contribution in [3.63, 3.8) is 0 Å². The topological polar surface area (TPSA) is 36.9 Å². The quantitative estimate of drug-likeness (QED) is 0.734. The first kappa shape index (κ1) is 15.0. The predicted molar refractivity (Wildman–Crippen MR) is 76.9 cm³/mol. The molecule has 0 atom stereocenters. The molecule has 4 nitrogen and oxygen atoms in total. The Morgan fingerprint density at radius 1 is 0.762 bits per heavy atom. The van der Waals surface area contributed by atoms with Crippen molar-refractivity contribution < 1.29 is 23.3 Å². The summed E-state index contributed by atoms with van der Waals surface area (Å²) in [5.41, 5.74) is 0. The van der Waals surface area contributed by atoms with Crippen molar-refractivity contribution >= 4 is 0 Å². The molecule has 0 saturated heterocycles. The Morgan fingerprint density at radius 2 is 1.33 bits per heavy atom. The number of ether oxygens (including phenoxy) is 4. The van der Waals surface area contributed by atoms with E-state index in [2.05, 4.69) is 0 Å². The van der Waals surface area contributed by atoms with Crippen LogP contribution in [0.3, 0.4) is 0 Å². The van der Waals surface area contributed by atoms with Gasteiger partial charge in [-0.25, -0.2) is 4.39 Å². The van der Waals surface area contributed by atoms with Crippen LogP contribution in [-0.2, 0) is 0 Å². The molecule has 0 aliphatic carbocycles. The Balaban J connectivity index is 1.93. The van der Waals surface area contributed by atoms with Crippen LogP contribution < -0.4 is 18.9 Å². The zero-order valence-electron chi connectivity index (χ0n) is 12.0. The van der Waals surface area contributed by atoms with Crippen LogP contribution in [0.2, 0.25) is 0 Å². The third-order valence-electron chi connectivity index (χ3n) is 2.81. The van der Waals surface area contributed by atoms with Crippen LogP contribution in [0.25, 0.3) is 0 Å². The SMILES string of the molecule is COc1cccc(OC)c1OCCOc1ccccc1F. The minimum Gasteiger partial charge on any atom is -0.493 e. The molecule has 0 saturated carbocycles. The van der Waals surface area contributed by atoms with E-state index in [4.69, 9.17) is 18.9 Å². The molecule has 0 aliphatic heterocycles. The van der Waals surface area contributed by atoms with Gasteiger partial charge in [-0.15, -0.1) is 0 Å². The molecule has 0 amide bonds. The van der Waals surface area contributed by atoms with E-state index in [9.17, 15) is 4.39 Å². The van der Waals surface area contributed by atoms with Gasteiger partial charge in [0, 0.05) is 0 Å². The van der Waals surface area contributed by atoms with Gasteiger partial charge >= 0.3 is 0 Å². The largest absolute Gasteiger partial charge is 0.493 e. The van der Waals surface area contributed by atoms with Crippen LogP contribution in [0, 0.1) is 5.82 Å². The Kier molecular flexibility index (Phi) is 5.26. The van der Waals surface area contributed by atoms with Crippen LogP contribution in [-0.4, -0.2) is 27.4 Å². The highest BCUT2D eigenvalue weighted by atomic mass is 19.1. The Morgan fingerprint density at radius 3 is 1.95 bits per heavy atom. The highest BCUT2D eigenvalue weighted by molar-refractivity contribution is 5.51. The summed E-state index contributed by atoms with van der Waals surface area (Å²) in [4.78, 5) is 0. The molecule has 0 unspecified atom stereocenters. The first-order valence-electron chi connectivity index (χ1n) is 6.47. The molecule has 0 radical (unpaired) electrons. The fourth-order valence-corrected chi connectivity index (χ4v) is 1.82. The van der Waals surface area contributed by atoms with Crippen LogP contribution >= 0.6 is 0 Å². The van der Waals surface area contributed by atoms with Crippen molar-refractivity contribution in [2.24, 2.45) is 0 Å². The van der Waals surface area contributed by atoms with Gasteiger partial charge in [-0.3, -0.25) is 0 Å². The molecule has 0 N–H and O–H groups in total. The van der Waals surface area contributed by atoms with Gasteiger partial charge in [-0.1, -0.05) is 18.2 Å². The third-order valence-corrected chi connectivity index (χ3v) is 2.81. The van der Waals surface area contributed by atoms with E-state index >= 15 is 0 Å². The highest BCUT2D eigenvalue weighted by Gasteiger charge is 2.11. The number of hydrogen-bond donors (Lipinski definition) is 0. The van der Waals surface area contributed by atoms with Gasteiger partial charge in [0.1, 0.15) is 13.2 Å². The molecule has 2 rings (SSSR count). The molecule has 0 heterocycles. The summed E-state index contributed by atoms with van der Waals surface area (Å²) in [5, 5.41) is 0. The van der Waals surface area contributed by atoms with Crippen molar-refractivity contribution in [3.8, 4) is 23.0 Å². The first-order chi connectivity index (χ1) is 10.3. The summed E-state index contributed by atoms with van der Waals surface area (Å²) in [6, 6.07) is 11.6. The number of benzene rings is 2. The standard InChI is InChI=1S/C16H17FO4/c1-18-14-8-5-9-15(19-2)16(14)21-11-10-20-13-7-4-3-6-12(13)17/h3-9H,10-11H2,1-2H3. The lowest BCUT2D eigenvalue weighted by atomic mass is 10.3. The maximum Gasteiger partial charge on any atom is 0.203 e. The molecular weight excluding hydrogens is 275 g/mol. The lowest BCUT2D eigenvalue weighted by Gasteiger charge is -2.14. The number of methoxy groups -OCH3 is 2. The van der Waals surface area contributed by atoms with E-state index in [1.807, 2.05) is 0 Å². The maximum atomic E-state index is 13.4. The molecule has 21 heavy (non-hydrogen) atoms. The van der Waals surface area contributed by atoms with E-state index in [0.717, 1.165) is 0 Å². The van der Waals surface area contributed by atoms with E-state index in [0.29, 0.717) is 17.2 Å². The van der Waals surface area contributed by atoms with Crippen molar-refractivity contribution in [3.05, 3.63) is 48.3 Å². The van der Waals surface area contributed by atoms with Gasteiger partial charge in [0.15, 0.2) is 23.1 Å². The molecule has 0 aromatic heterocycles. The zero-order chi connectivity index (χ0) is 15.1. The van der Waals surface area contributed by atoms with Crippen molar-refractivity contribution in [2.75, 3.05) is 27.4 Å². The van der Waals surface area contributed by atoms with Crippen LogP contribution in [0.5, 0.6) is 23.0 Å². The first-order valence-corrected chi connectivity index (χ1v) is 6.47. The molecule has 0 spiro atoms. The van der Waals surface area contributed by atoms with E-state index in [-0.39, 0.29) is 19.0 Å². The van der Waals surface area contributed by atoms with Gasteiger partial charge in [0.25, 0.3) is 0 Å². The van der Waals surface area contributed by atoms with Crippen molar-refractivity contribution in [1.82, 2.24) is 0 Å². The average molecular weight is 292 g/mol. The Labute approximate surface area is 123 Å². The molecule has 0 bridgehead atoms. The zero-order valence-corrected chi connectivity index (χ0v) is 12.0. The van der Waals surface area contributed by atoms with Crippen LogP contribution in [0.4, 0.5) is 4.39 Å². The van der Waals surface area contributed by atoms with Gasteiger partial charge in [-0.05, 0) is 24.3 Å². The molecule has 2 aromatic rings. The molecule has 5 heteroatoms. The van der Waals surface area contributed by atoms with Gasteiger partial charge in [0.2, 0.25) is 5.75 Å². The Hall–Kier alpha value is -2.43. The second kappa shape index (κ2) is 7.38. The number of rotatable bonds is 7. The Bertz CT molecular complexity index is 564. The fourth-order valence-electron chi connectivity index (χ4n) is 1.82. The molecular formula is C16H17FO4. The average Bonchev–Trinajstić information content (AvgIpc) is 2.52. The van der Waals surface area contributed by atoms with E-state index < -0.39 is 5.82 Å². The second-order valence-electron chi connectivity index (χ2n) is 4.12. The summed E-state index contributed by atoms with van der Waals surface area (Å²) in [6.07, 6.45) is 0. The molecule has 2 aromatic carbocycles. The lowest BCUT2D eigenvalue weighted by molar-refractivity contribution is 0.200. The number of halogens is 1. The summed E-state index contributed by atoms with van der Waals surface area (Å²) in [5.74, 6) is 1.44. The molecule has 0 aliphatic rings. The van der Waals surface area contributed by atoms with E-state index in [1.165, 1.54) is 6.07 Å². The van der Waals surface area contributed by atoms with Crippen molar-refractivity contribution in [2.45, 2.75) is 0 Å². The summed E-state index contributed by atoms with van der Waals surface area (Å²) in [7, 11) is 3.11. The fraction of sp³-hybridized carbons (Fsp3) is 0.250. The summed E-state index contributed by atoms with van der Waals surface area (Å²) in [6.45, 7) is 0.452. The van der Waals surface area contributed by atoms with Crippen molar-refractivity contribution in [1.29, 1.82) is 0 Å². The number of para-hydroxylation sites is 2. The minimum atomic E-state index is -0.396. The summed E-state index contributed by atoms with van der Waals surface area (Å²) >= 11 is 0. The highest BCUT2D eigenvalue weighted by Crippen LogP contribution is 2.36. The van der Waals surface area contributed by atoms with E-state index in [1.54, 1.807) is 50.6 Å². The normalized spacial score (nSPS) is 10.0. The van der Waals surface area contributed by atoms with Gasteiger partial charge in [-0.2, -0.15) is 0 Å². The monoisotopic (exact) mass is 292 g/mol. The maximum absolute atomic E-state index is 13.4. The number of hydrogen-bond acceptors (Lipinski definition) is 4. The molecule has 0 fully saturated rings. The predicted octanol–water partition coefficient (Wildman–Crippen LogP) is 3.30. The third kappa shape index (κ3) is 3.78. The summed E-state index contributed by atoms with van der Waals surface area (Å²) < 4.78 is 34.7.